The lowest BCUT2D eigenvalue weighted by Gasteiger charge is -2.31. The van der Waals surface area contributed by atoms with Crippen LogP contribution in [0.4, 0.5) is 4.39 Å². The quantitative estimate of drug-likeness (QED) is 0.713. The number of methoxy groups -OCH3 is 1. The summed E-state index contributed by atoms with van der Waals surface area (Å²) >= 11 is 0. The molecule has 2 heterocycles. The molecule has 1 saturated heterocycles. The summed E-state index contributed by atoms with van der Waals surface area (Å²) in [5.41, 5.74) is 1.30. The second-order valence-electron chi connectivity index (χ2n) is 10.2. The molecule has 1 N–H and O–H groups in total. The van der Waals surface area contributed by atoms with Crippen LogP contribution < -0.4 is 10.1 Å². The number of halogens is 1. The zero-order valence-electron chi connectivity index (χ0n) is 19.1. The van der Waals surface area contributed by atoms with Crippen LogP contribution >= 0.6 is 0 Å². The van der Waals surface area contributed by atoms with Crippen molar-refractivity contribution in [2.75, 3.05) is 26.7 Å². The number of nitrogens with zero attached hydrogens (tertiary/aromatic N) is 2. The fourth-order valence-corrected chi connectivity index (χ4v) is 5.66. The number of nitrogens with one attached hydrogen (secondary N) is 1. The summed E-state index contributed by atoms with van der Waals surface area (Å²) in [7, 11) is 1.44. The molecule has 0 bridgehead atoms. The standard InChI is InChI=1S/C25H34FN3O3/c1-15-3-5-18(6-4-15)27-25(30)20-13-17(20)14-29-11-9-16(10-12-29)22-19-7-8-21(26)24(31-2)23(19)32-28-22/h7-8,15-18,20H,3-6,9-14H2,1-2H3,(H,27,30)/t15-,17-,18-,20+/m0/s1. The summed E-state index contributed by atoms with van der Waals surface area (Å²) in [4.78, 5) is 15.1. The predicted molar refractivity (Wildman–Crippen MR) is 120 cm³/mol. The number of aromatic nitrogens is 1. The minimum atomic E-state index is -0.432. The number of carbonyl (C=O) groups excluding carboxylic acids is 1. The van der Waals surface area contributed by atoms with Crippen LogP contribution in [0, 0.1) is 23.6 Å². The van der Waals surface area contributed by atoms with Gasteiger partial charge in [0, 0.05) is 29.8 Å². The highest BCUT2D eigenvalue weighted by atomic mass is 19.1. The Morgan fingerprint density at radius 2 is 1.97 bits per heavy atom. The second kappa shape index (κ2) is 9.00. The van der Waals surface area contributed by atoms with Crippen molar-refractivity contribution in [1.82, 2.24) is 15.4 Å². The van der Waals surface area contributed by atoms with E-state index in [0.717, 1.165) is 68.7 Å². The number of amides is 1. The lowest BCUT2D eigenvalue weighted by Crippen LogP contribution is -2.39. The minimum absolute atomic E-state index is 0.125. The Balaban J connectivity index is 1.11. The number of hydrogen-bond acceptors (Lipinski definition) is 5. The second-order valence-corrected chi connectivity index (χ2v) is 10.2. The molecule has 2 atom stereocenters. The number of piperidine rings is 1. The number of fused-ring (bicyclic) bond motifs is 1. The average Bonchev–Trinajstić information content (AvgIpc) is 3.44. The SMILES string of the molecule is COc1c(F)ccc2c(C3CCN(C[C@@H]4C[C@H]4C(=O)N[C@H]4CC[C@H](C)CC4)CC3)noc12. The van der Waals surface area contributed by atoms with Gasteiger partial charge in [-0.05, 0) is 82.0 Å². The Kier molecular flexibility index (Phi) is 6.10. The summed E-state index contributed by atoms with van der Waals surface area (Å²) in [6, 6.07) is 3.55. The molecule has 1 aromatic heterocycles. The van der Waals surface area contributed by atoms with Gasteiger partial charge in [0.2, 0.25) is 17.2 Å². The summed E-state index contributed by atoms with van der Waals surface area (Å²) in [5, 5.41) is 8.43. The number of carbonyl (C=O) groups is 1. The first kappa shape index (κ1) is 21.7. The van der Waals surface area contributed by atoms with E-state index in [4.69, 9.17) is 9.26 Å². The summed E-state index contributed by atoms with van der Waals surface area (Å²) < 4.78 is 24.5. The van der Waals surface area contributed by atoms with Crippen molar-refractivity contribution in [3.8, 4) is 5.75 Å². The summed E-state index contributed by atoms with van der Waals surface area (Å²) in [5.74, 6) is 1.77. The predicted octanol–water partition coefficient (Wildman–Crippen LogP) is 4.49. The molecule has 32 heavy (non-hydrogen) atoms. The van der Waals surface area contributed by atoms with Crippen molar-refractivity contribution >= 4 is 16.9 Å². The van der Waals surface area contributed by atoms with Gasteiger partial charge in [0.25, 0.3) is 0 Å². The Morgan fingerprint density at radius 1 is 1.22 bits per heavy atom. The van der Waals surface area contributed by atoms with E-state index in [-0.39, 0.29) is 17.6 Å². The van der Waals surface area contributed by atoms with Crippen molar-refractivity contribution in [3.05, 3.63) is 23.6 Å². The van der Waals surface area contributed by atoms with E-state index < -0.39 is 5.82 Å². The Hall–Kier alpha value is -2.15. The zero-order chi connectivity index (χ0) is 22.2. The van der Waals surface area contributed by atoms with E-state index >= 15 is 0 Å². The van der Waals surface area contributed by atoms with Crippen LogP contribution in [0.5, 0.6) is 5.75 Å². The molecule has 3 fully saturated rings. The number of likely N-dealkylation sites (tertiary alicyclic amines) is 1. The van der Waals surface area contributed by atoms with Crippen LogP contribution in [-0.2, 0) is 4.79 Å². The molecule has 1 aliphatic heterocycles. The van der Waals surface area contributed by atoms with E-state index in [1.807, 2.05) is 0 Å². The number of rotatable bonds is 6. The number of hydrogen-bond donors (Lipinski definition) is 1. The van der Waals surface area contributed by atoms with Crippen LogP contribution in [0.3, 0.4) is 0 Å². The van der Waals surface area contributed by atoms with Crippen LogP contribution in [0.1, 0.15) is 63.5 Å². The maximum atomic E-state index is 13.9. The van der Waals surface area contributed by atoms with Gasteiger partial charge >= 0.3 is 0 Å². The van der Waals surface area contributed by atoms with Gasteiger partial charge in [0.05, 0.1) is 12.8 Å². The highest BCUT2D eigenvalue weighted by molar-refractivity contribution is 5.85. The smallest absolute Gasteiger partial charge is 0.223 e. The third kappa shape index (κ3) is 4.36. The first-order valence-electron chi connectivity index (χ1n) is 12.2. The maximum Gasteiger partial charge on any atom is 0.223 e. The molecule has 3 aliphatic rings. The summed E-state index contributed by atoms with van der Waals surface area (Å²) in [6.45, 7) is 5.29. The van der Waals surface area contributed by atoms with E-state index in [9.17, 15) is 9.18 Å². The van der Waals surface area contributed by atoms with Gasteiger partial charge < -0.3 is 19.5 Å². The molecular weight excluding hydrogens is 409 g/mol. The number of ether oxygens (including phenoxy) is 1. The fraction of sp³-hybridized carbons (Fsp3) is 0.680. The Labute approximate surface area is 188 Å². The third-order valence-corrected chi connectivity index (χ3v) is 7.87. The molecule has 2 aromatic rings. The van der Waals surface area contributed by atoms with Gasteiger partial charge in [-0.15, -0.1) is 0 Å². The third-order valence-electron chi connectivity index (χ3n) is 7.87. The van der Waals surface area contributed by atoms with Gasteiger partial charge in [-0.2, -0.15) is 0 Å². The van der Waals surface area contributed by atoms with Crippen LogP contribution in [0.2, 0.25) is 0 Å². The topological polar surface area (TPSA) is 67.6 Å². The van der Waals surface area contributed by atoms with Gasteiger partial charge in [-0.1, -0.05) is 12.1 Å². The molecule has 2 aliphatic carbocycles. The van der Waals surface area contributed by atoms with Crippen LogP contribution in [0.15, 0.2) is 16.7 Å². The monoisotopic (exact) mass is 443 g/mol. The van der Waals surface area contributed by atoms with Crippen LogP contribution in [0.25, 0.3) is 11.0 Å². The normalized spacial score (nSPS) is 29.2. The first-order valence-corrected chi connectivity index (χ1v) is 12.2. The minimum Gasteiger partial charge on any atom is -0.490 e. The molecule has 0 spiro atoms. The van der Waals surface area contributed by atoms with Crippen LogP contribution in [-0.4, -0.2) is 48.7 Å². The molecule has 6 nitrogen and oxygen atoms in total. The number of benzene rings is 1. The van der Waals surface area contributed by atoms with E-state index in [1.54, 1.807) is 6.07 Å². The van der Waals surface area contributed by atoms with Gasteiger partial charge in [-0.25, -0.2) is 4.39 Å². The fourth-order valence-electron chi connectivity index (χ4n) is 5.66. The zero-order valence-corrected chi connectivity index (χ0v) is 19.1. The van der Waals surface area contributed by atoms with Crippen molar-refractivity contribution in [2.24, 2.45) is 17.8 Å². The van der Waals surface area contributed by atoms with E-state index in [0.29, 0.717) is 23.5 Å². The molecule has 2 saturated carbocycles. The van der Waals surface area contributed by atoms with Crippen molar-refractivity contribution in [3.63, 3.8) is 0 Å². The first-order chi connectivity index (χ1) is 15.5. The molecule has 7 heteroatoms. The molecular formula is C25H34FN3O3. The largest absolute Gasteiger partial charge is 0.490 e. The van der Waals surface area contributed by atoms with Gasteiger partial charge in [0.15, 0.2) is 5.82 Å². The molecule has 0 unspecified atom stereocenters. The Morgan fingerprint density at radius 3 is 2.69 bits per heavy atom. The van der Waals surface area contributed by atoms with Gasteiger partial charge in [-0.3, -0.25) is 4.79 Å². The van der Waals surface area contributed by atoms with Crippen molar-refractivity contribution in [1.29, 1.82) is 0 Å². The van der Waals surface area contributed by atoms with Crippen molar-refractivity contribution < 1.29 is 18.4 Å². The van der Waals surface area contributed by atoms with Crippen molar-refractivity contribution in [2.45, 2.75) is 63.8 Å². The lowest BCUT2D eigenvalue weighted by atomic mass is 9.87. The molecule has 0 radical (unpaired) electrons. The summed E-state index contributed by atoms with van der Waals surface area (Å²) in [6.07, 6.45) is 7.73. The lowest BCUT2D eigenvalue weighted by molar-refractivity contribution is -0.123. The average molecular weight is 444 g/mol. The highest BCUT2D eigenvalue weighted by Gasteiger charge is 2.44. The van der Waals surface area contributed by atoms with Gasteiger partial charge in [0.1, 0.15) is 0 Å². The highest BCUT2D eigenvalue weighted by Crippen LogP contribution is 2.41. The van der Waals surface area contributed by atoms with E-state index in [2.05, 4.69) is 22.3 Å². The molecule has 1 aromatic carbocycles. The maximum absolute atomic E-state index is 13.9. The molecule has 5 rings (SSSR count). The van der Waals surface area contributed by atoms with E-state index in [1.165, 1.54) is 26.0 Å². The molecule has 174 valence electrons. The Bertz CT molecular complexity index is 961. The molecule has 1 amide bonds.